The number of fused-ring (bicyclic) bond motifs is 2. The van der Waals surface area contributed by atoms with Gasteiger partial charge in [0.2, 0.25) is 5.12 Å². The minimum absolute atomic E-state index is 0.0155. The lowest BCUT2D eigenvalue weighted by molar-refractivity contribution is -0.112. The first kappa shape index (κ1) is 15.4. The maximum atomic E-state index is 12.6. The molecule has 1 aromatic carbocycles. The highest BCUT2D eigenvalue weighted by atomic mass is 32.2. The molecule has 20 heavy (non-hydrogen) atoms. The van der Waals surface area contributed by atoms with E-state index in [1.165, 1.54) is 11.8 Å². The first-order valence-corrected chi connectivity index (χ1v) is 8.64. The zero-order chi connectivity index (χ0) is 14.9. The van der Waals surface area contributed by atoms with Gasteiger partial charge in [-0.25, -0.2) is 0 Å². The van der Waals surface area contributed by atoms with Crippen molar-refractivity contribution in [3.63, 3.8) is 0 Å². The molecule has 0 aliphatic carbocycles. The number of rotatable bonds is 0. The molecule has 5 heteroatoms. The third kappa shape index (κ3) is 2.49. The second kappa shape index (κ2) is 6.22. The molecule has 0 radical (unpaired) electrons. The summed E-state index contributed by atoms with van der Waals surface area (Å²) in [7, 11) is 0. The van der Waals surface area contributed by atoms with E-state index in [2.05, 4.69) is 6.92 Å². The van der Waals surface area contributed by atoms with Gasteiger partial charge in [0.1, 0.15) is 5.37 Å². The van der Waals surface area contributed by atoms with E-state index in [9.17, 15) is 9.59 Å². The van der Waals surface area contributed by atoms with E-state index in [-0.39, 0.29) is 22.4 Å². The fraction of sp³-hybridized carbons (Fsp3) is 0.467. The maximum Gasteiger partial charge on any atom is 0.256 e. The molecule has 2 aliphatic heterocycles. The summed E-state index contributed by atoms with van der Waals surface area (Å²) in [5, 5.41) is 0.0307. The zero-order valence-electron chi connectivity index (χ0n) is 12.1. The Hall–Kier alpha value is -0.940. The molecule has 0 spiro atoms. The number of hydrogen-bond acceptors (Lipinski definition) is 4. The molecule has 108 valence electrons. The largest absolute Gasteiger partial charge is 0.315 e. The van der Waals surface area contributed by atoms with Crippen molar-refractivity contribution in [2.75, 3.05) is 0 Å². The maximum absolute atomic E-state index is 12.6. The number of thioether (sulfide) groups is 2. The van der Waals surface area contributed by atoms with Crippen LogP contribution in [-0.4, -0.2) is 32.6 Å². The second-order valence-corrected chi connectivity index (χ2v) is 7.07. The smallest absolute Gasteiger partial charge is 0.256 e. The lowest BCUT2D eigenvalue weighted by Gasteiger charge is -2.24. The van der Waals surface area contributed by atoms with Gasteiger partial charge in [-0.3, -0.25) is 9.59 Å². The molecular formula is C15H19NO2S2. The summed E-state index contributed by atoms with van der Waals surface area (Å²) in [6, 6.07) is 7.46. The molecule has 3 unspecified atom stereocenters. The molecule has 3 nitrogen and oxygen atoms in total. The van der Waals surface area contributed by atoms with Crippen LogP contribution in [-0.2, 0) is 4.79 Å². The third-order valence-electron chi connectivity index (χ3n) is 3.48. The van der Waals surface area contributed by atoms with Gasteiger partial charge < -0.3 is 4.90 Å². The molecular weight excluding hydrogens is 290 g/mol. The summed E-state index contributed by atoms with van der Waals surface area (Å²) in [5.74, 6) is -0.0155. The van der Waals surface area contributed by atoms with Crippen LogP contribution in [0.25, 0.3) is 0 Å². The lowest BCUT2D eigenvalue weighted by Crippen LogP contribution is -2.42. The van der Waals surface area contributed by atoms with E-state index < -0.39 is 0 Å². The average molecular weight is 309 g/mol. The SMILES string of the molecule is CC.CC1SC2C(=O)Sc3ccccc3C(=O)N2C1C. The second-order valence-electron chi connectivity index (χ2n) is 4.56. The van der Waals surface area contributed by atoms with Crippen molar-refractivity contribution in [3.8, 4) is 0 Å². The van der Waals surface area contributed by atoms with Crippen molar-refractivity contribution in [2.24, 2.45) is 0 Å². The van der Waals surface area contributed by atoms with Crippen molar-refractivity contribution >= 4 is 34.5 Å². The minimum Gasteiger partial charge on any atom is -0.315 e. The summed E-state index contributed by atoms with van der Waals surface area (Å²) in [6.07, 6.45) is 0. The molecule has 0 N–H and O–H groups in total. The third-order valence-corrected chi connectivity index (χ3v) is 6.15. The van der Waals surface area contributed by atoms with Gasteiger partial charge in [0.15, 0.2) is 0 Å². The van der Waals surface area contributed by atoms with E-state index in [0.717, 1.165) is 4.90 Å². The number of carbonyl (C=O) groups is 2. The van der Waals surface area contributed by atoms with Gasteiger partial charge in [-0.1, -0.05) is 32.9 Å². The van der Waals surface area contributed by atoms with E-state index in [1.54, 1.807) is 22.7 Å². The fourth-order valence-electron chi connectivity index (χ4n) is 2.31. The standard InChI is InChI=1S/C13H13NO2S2.C2H6/c1-7-8(2)17-12-13(16)18-10-6-4-3-5-9(10)11(15)14(7)12;1-2/h3-8,12H,1-2H3;1-2H3. The van der Waals surface area contributed by atoms with Crippen molar-refractivity contribution in [1.29, 1.82) is 0 Å². The van der Waals surface area contributed by atoms with E-state index in [1.807, 2.05) is 39.0 Å². The molecule has 3 atom stereocenters. The Morgan fingerprint density at radius 2 is 1.75 bits per heavy atom. The summed E-state index contributed by atoms with van der Waals surface area (Å²) < 4.78 is 0. The van der Waals surface area contributed by atoms with Crippen LogP contribution in [0, 0.1) is 0 Å². The van der Waals surface area contributed by atoms with Crippen LogP contribution < -0.4 is 0 Å². The van der Waals surface area contributed by atoms with Crippen LogP contribution in [0.1, 0.15) is 38.1 Å². The van der Waals surface area contributed by atoms with Crippen LogP contribution in [0.4, 0.5) is 0 Å². The van der Waals surface area contributed by atoms with Crippen LogP contribution in [0.2, 0.25) is 0 Å². The van der Waals surface area contributed by atoms with Gasteiger partial charge in [-0.15, -0.1) is 11.8 Å². The zero-order valence-corrected chi connectivity index (χ0v) is 13.8. The Kier molecular flexibility index (Phi) is 4.81. The monoisotopic (exact) mass is 309 g/mol. The summed E-state index contributed by atoms with van der Waals surface area (Å²) in [6.45, 7) is 8.09. The molecule has 3 rings (SSSR count). The Morgan fingerprint density at radius 3 is 2.45 bits per heavy atom. The Labute approximate surface area is 128 Å². The predicted octanol–water partition coefficient (Wildman–Crippen LogP) is 3.64. The van der Waals surface area contributed by atoms with E-state index in [4.69, 9.17) is 0 Å². The minimum atomic E-state index is -0.333. The summed E-state index contributed by atoms with van der Waals surface area (Å²) in [4.78, 5) is 27.3. The van der Waals surface area contributed by atoms with Crippen LogP contribution in [0.3, 0.4) is 0 Å². The van der Waals surface area contributed by atoms with Crippen LogP contribution in [0.5, 0.6) is 0 Å². The van der Waals surface area contributed by atoms with Gasteiger partial charge in [0, 0.05) is 16.2 Å². The molecule has 0 bridgehead atoms. The highest BCUT2D eigenvalue weighted by Crippen LogP contribution is 2.43. The highest BCUT2D eigenvalue weighted by molar-refractivity contribution is 8.16. The summed E-state index contributed by atoms with van der Waals surface area (Å²) >= 11 is 2.78. The number of benzene rings is 1. The Balaban J connectivity index is 0.000000704. The van der Waals surface area contributed by atoms with Gasteiger partial charge in [0.25, 0.3) is 5.91 Å². The van der Waals surface area contributed by atoms with Crippen molar-refractivity contribution in [1.82, 2.24) is 4.90 Å². The van der Waals surface area contributed by atoms with Crippen LogP contribution >= 0.6 is 23.5 Å². The van der Waals surface area contributed by atoms with E-state index >= 15 is 0 Å². The van der Waals surface area contributed by atoms with Gasteiger partial charge >= 0.3 is 0 Å². The number of carbonyl (C=O) groups excluding carboxylic acids is 2. The van der Waals surface area contributed by atoms with Gasteiger partial charge in [0.05, 0.1) is 5.56 Å². The lowest BCUT2D eigenvalue weighted by atomic mass is 10.1. The molecule has 2 heterocycles. The topological polar surface area (TPSA) is 37.4 Å². The molecule has 1 saturated heterocycles. The van der Waals surface area contributed by atoms with Gasteiger partial charge in [-0.2, -0.15) is 0 Å². The van der Waals surface area contributed by atoms with Crippen molar-refractivity contribution in [2.45, 2.75) is 49.3 Å². The number of nitrogens with zero attached hydrogens (tertiary/aromatic N) is 1. The number of hydrogen-bond donors (Lipinski definition) is 0. The summed E-state index contributed by atoms with van der Waals surface area (Å²) in [5.41, 5.74) is 0.653. The quantitative estimate of drug-likeness (QED) is 0.733. The number of amides is 1. The molecule has 1 fully saturated rings. The Morgan fingerprint density at radius 1 is 1.10 bits per heavy atom. The molecule has 1 amide bonds. The normalized spacial score (nSPS) is 28.2. The first-order chi connectivity index (χ1) is 9.59. The molecule has 0 saturated carbocycles. The highest BCUT2D eigenvalue weighted by Gasteiger charge is 2.46. The molecule has 0 aromatic heterocycles. The van der Waals surface area contributed by atoms with E-state index in [0.29, 0.717) is 10.8 Å². The Bertz CT molecular complexity index is 532. The molecule has 1 aromatic rings. The van der Waals surface area contributed by atoms with Crippen LogP contribution in [0.15, 0.2) is 29.2 Å². The average Bonchev–Trinajstić information content (AvgIpc) is 2.71. The van der Waals surface area contributed by atoms with Crippen molar-refractivity contribution < 1.29 is 9.59 Å². The molecule has 2 aliphatic rings. The fourth-order valence-corrected chi connectivity index (χ4v) is 4.76. The first-order valence-electron chi connectivity index (χ1n) is 6.88. The van der Waals surface area contributed by atoms with Gasteiger partial charge in [-0.05, 0) is 30.8 Å². The van der Waals surface area contributed by atoms with Crippen molar-refractivity contribution in [3.05, 3.63) is 29.8 Å². The predicted molar refractivity (Wildman–Crippen MR) is 85.1 cm³/mol.